The summed E-state index contributed by atoms with van der Waals surface area (Å²) < 4.78 is 11.4. The van der Waals surface area contributed by atoms with Crippen LogP contribution in [0.3, 0.4) is 0 Å². The van der Waals surface area contributed by atoms with Gasteiger partial charge in [0.2, 0.25) is 0 Å². The first-order chi connectivity index (χ1) is 9.59. The average molecular weight is 278 g/mol. The third kappa shape index (κ3) is 3.22. The number of aliphatic hydroxyl groups excluding tert-OH is 1. The maximum atomic E-state index is 10.8. The Morgan fingerprint density at radius 2 is 1.85 bits per heavy atom. The topological polar surface area (TPSA) is 38.7 Å². The SMILES string of the molecule is CCOC1(C(O)Cc2c(C)cccc2C)CCOCC1. The van der Waals surface area contributed by atoms with Crippen LogP contribution in [0.4, 0.5) is 0 Å². The summed E-state index contributed by atoms with van der Waals surface area (Å²) in [6, 6.07) is 6.27. The Kier molecular flexibility index (Phi) is 5.19. The third-order valence-corrected chi connectivity index (χ3v) is 4.42. The quantitative estimate of drug-likeness (QED) is 0.900. The van der Waals surface area contributed by atoms with Crippen molar-refractivity contribution in [3.05, 3.63) is 34.9 Å². The number of ether oxygens (including phenoxy) is 2. The van der Waals surface area contributed by atoms with Crippen molar-refractivity contribution in [2.24, 2.45) is 0 Å². The van der Waals surface area contributed by atoms with Gasteiger partial charge in [0, 0.05) is 39.1 Å². The first-order valence-electron chi connectivity index (χ1n) is 7.54. The standard InChI is InChI=1S/C17H26O3/c1-4-20-17(8-10-19-11-9-17)16(18)12-15-13(2)6-5-7-14(15)3/h5-7,16,18H,4,8-12H2,1-3H3. The molecule has 1 saturated heterocycles. The average Bonchev–Trinajstić information content (AvgIpc) is 2.44. The van der Waals surface area contributed by atoms with E-state index in [1.807, 2.05) is 6.92 Å². The van der Waals surface area contributed by atoms with Crippen LogP contribution < -0.4 is 0 Å². The van der Waals surface area contributed by atoms with Crippen LogP contribution in [0.1, 0.15) is 36.5 Å². The fourth-order valence-electron chi connectivity index (χ4n) is 3.13. The molecule has 1 heterocycles. The molecule has 0 radical (unpaired) electrons. The van der Waals surface area contributed by atoms with Gasteiger partial charge in [0.05, 0.1) is 11.7 Å². The summed E-state index contributed by atoms with van der Waals surface area (Å²) >= 11 is 0. The van der Waals surface area contributed by atoms with E-state index in [4.69, 9.17) is 9.47 Å². The van der Waals surface area contributed by atoms with Gasteiger partial charge in [-0.3, -0.25) is 0 Å². The van der Waals surface area contributed by atoms with Crippen molar-refractivity contribution < 1.29 is 14.6 Å². The van der Waals surface area contributed by atoms with Crippen molar-refractivity contribution in [1.29, 1.82) is 0 Å². The van der Waals surface area contributed by atoms with Crippen LogP contribution in [0.15, 0.2) is 18.2 Å². The summed E-state index contributed by atoms with van der Waals surface area (Å²) in [5.41, 5.74) is 3.28. The molecule has 1 fully saturated rings. The molecule has 1 N–H and O–H groups in total. The van der Waals surface area contributed by atoms with Crippen LogP contribution in [-0.2, 0) is 15.9 Å². The maximum absolute atomic E-state index is 10.8. The molecule has 0 amide bonds. The second kappa shape index (κ2) is 6.70. The molecule has 3 nitrogen and oxygen atoms in total. The van der Waals surface area contributed by atoms with Crippen molar-refractivity contribution in [3.63, 3.8) is 0 Å². The number of hydrogen-bond acceptors (Lipinski definition) is 3. The van der Waals surface area contributed by atoms with E-state index in [9.17, 15) is 5.11 Å². The van der Waals surface area contributed by atoms with E-state index in [0.29, 0.717) is 26.2 Å². The summed E-state index contributed by atoms with van der Waals surface area (Å²) in [4.78, 5) is 0. The number of aryl methyl sites for hydroxylation is 2. The molecular formula is C17H26O3. The molecule has 1 aromatic carbocycles. The van der Waals surface area contributed by atoms with E-state index in [0.717, 1.165) is 12.8 Å². The van der Waals surface area contributed by atoms with Gasteiger partial charge >= 0.3 is 0 Å². The molecule has 0 spiro atoms. The van der Waals surface area contributed by atoms with Crippen LogP contribution in [0.25, 0.3) is 0 Å². The molecule has 1 aliphatic rings. The highest BCUT2D eigenvalue weighted by Crippen LogP contribution is 2.31. The van der Waals surface area contributed by atoms with Crippen LogP contribution in [0.2, 0.25) is 0 Å². The van der Waals surface area contributed by atoms with Crippen LogP contribution in [-0.4, -0.2) is 36.6 Å². The first-order valence-corrected chi connectivity index (χ1v) is 7.54. The highest BCUT2D eigenvalue weighted by atomic mass is 16.5. The number of aliphatic hydroxyl groups is 1. The van der Waals surface area contributed by atoms with Gasteiger partial charge in [-0.25, -0.2) is 0 Å². The monoisotopic (exact) mass is 278 g/mol. The molecule has 3 heteroatoms. The van der Waals surface area contributed by atoms with Gasteiger partial charge in [0.25, 0.3) is 0 Å². The molecule has 20 heavy (non-hydrogen) atoms. The van der Waals surface area contributed by atoms with E-state index < -0.39 is 11.7 Å². The van der Waals surface area contributed by atoms with E-state index >= 15 is 0 Å². The molecule has 0 bridgehead atoms. The van der Waals surface area contributed by atoms with Crippen molar-refractivity contribution in [2.75, 3.05) is 19.8 Å². The van der Waals surface area contributed by atoms with Crippen LogP contribution >= 0.6 is 0 Å². The zero-order valence-corrected chi connectivity index (χ0v) is 12.8. The Labute approximate surface area is 121 Å². The van der Waals surface area contributed by atoms with Gasteiger partial charge in [-0.2, -0.15) is 0 Å². The van der Waals surface area contributed by atoms with E-state index in [2.05, 4.69) is 32.0 Å². The lowest BCUT2D eigenvalue weighted by molar-refractivity contribution is -0.165. The second-order valence-electron chi connectivity index (χ2n) is 5.70. The minimum Gasteiger partial charge on any atom is -0.390 e. The minimum atomic E-state index is -0.480. The van der Waals surface area contributed by atoms with Crippen molar-refractivity contribution in [1.82, 2.24) is 0 Å². The smallest absolute Gasteiger partial charge is 0.0987 e. The maximum Gasteiger partial charge on any atom is 0.0987 e. The summed E-state index contributed by atoms with van der Waals surface area (Å²) in [7, 11) is 0. The number of rotatable bonds is 5. The fraction of sp³-hybridized carbons (Fsp3) is 0.647. The van der Waals surface area contributed by atoms with Crippen molar-refractivity contribution in [3.8, 4) is 0 Å². The molecule has 1 aliphatic heterocycles. The molecule has 1 unspecified atom stereocenters. The second-order valence-corrected chi connectivity index (χ2v) is 5.70. The molecule has 1 aromatic rings. The number of benzene rings is 1. The van der Waals surface area contributed by atoms with Crippen molar-refractivity contribution >= 4 is 0 Å². The summed E-state index contributed by atoms with van der Waals surface area (Å²) in [6.45, 7) is 8.17. The molecular weight excluding hydrogens is 252 g/mol. The molecule has 0 saturated carbocycles. The Morgan fingerprint density at radius 3 is 2.40 bits per heavy atom. The Bertz CT molecular complexity index is 410. The largest absolute Gasteiger partial charge is 0.390 e. The van der Waals surface area contributed by atoms with Gasteiger partial charge in [0.15, 0.2) is 0 Å². The van der Waals surface area contributed by atoms with E-state index in [1.54, 1.807) is 0 Å². The van der Waals surface area contributed by atoms with Crippen LogP contribution in [0.5, 0.6) is 0 Å². The van der Waals surface area contributed by atoms with E-state index in [1.165, 1.54) is 16.7 Å². The minimum absolute atomic E-state index is 0.443. The van der Waals surface area contributed by atoms with Gasteiger partial charge in [0.1, 0.15) is 0 Å². The first kappa shape index (κ1) is 15.5. The molecule has 0 aromatic heterocycles. The lowest BCUT2D eigenvalue weighted by Gasteiger charge is -2.41. The third-order valence-electron chi connectivity index (χ3n) is 4.42. The Morgan fingerprint density at radius 1 is 1.25 bits per heavy atom. The lowest BCUT2D eigenvalue weighted by Crippen LogP contribution is -2.50. The molecule has 2 rings (SSSR count). The summed E-state index contributed by atoms with van der Waals surface area (Å²) in [5.74, 6) is 0. The zero-order valence-electron chi connectivity index (χ0n) is 12.8. The van der Waals surface area contributed by atoms with Crippen molar-refractivity contribution in [2.45, 2.75) is 51.7 Å². The summed E-state index contributed by atoms with van der Waals surface area (Å²) in [5, 5.41) is 10.8. The molecule has 112 valence electrons. The normalized spacial score (nSPS) is 19.8. The van der Waals surface area contributed by atoms with Crippen LogP contribution in [0, 0.1) is 13.8 Å². The Hall–Kier alpha value is -0.900. The lowest BCUT2D eigenvalue weighted by atomic mass is 9.83. The van der Waals surface area contributed by atoms with Gasteiger partial charge in [-0.05, 0) is 37.5 Å². The predicted octanol–water partition coefficient (Wildman–Crippen LogP) is 2.79. The van der Waals surface area contributed by atoms with Gasteiger partial charge in [-0.15, -0.1) is 0 Å². The fourth-order valence-corrected chi connectivity index (χ4v) is 3.13. The van der Waals surface area contributed by atoms with E-state index in [-0.39, 0.29) is 0 Å². The number of hydrogen-bond donors (Lipinski definition) is 1. The molecule has 0 aliphatic carbocycles. The Balaban J connectivity index is 2.18. The summed E-state index contributed by atoms with van der Waals surface area (Å²) in [6.07, 6.45) is 1.71. The zero-order chi connectivity index (χ0) is 14.6. The molecule has 1 atom stereocenters. The van der Waals surface area contributed by atoms with Gasteiger partial charge < -0.3 is 14.6 Å². The van der Waals surface area contributed by atoms with Gasteiger partial charge in [-0.1, -0.05) is 18.2 Å². The highest BCUT2D eigenvalue weighted by molar-refractivity contribution is 5.34. The highest BCUT2D eigenvalue weighted by Gasteiger charge is 2.40. The predicted molar refractivity (Wildman–Crippen MR) is 80.0 cm³/mol.